The second-order valence-electron chi connectivity index (χ2n) is 6.40. The van der Waals surface area contributed by atoms with Crippen LogP contribution >= 0.6 is 0 Å². The van der Waals surface area contributed by atoms with E-state index in [-0.39, 0.29) is 17.4 Å². The lowest BCUT2D eigenvalue weighted by atomic mass is 10.1. The number of carbonyl (C=O) groups excluding carboxylic acids is 2. The molecule has 3 aromatic rings. The molecule has 0 aliphatic rings. The van der Waals surface area contributed by atoms with Gasteiger partial charge in [0.15, 0.2) is 11.9 Å². The van der Waals surface area contributed by atoms with E-state index in [0.29, 0.717) is 28.5 Å². The van der Waals surface area contributed by atoms with Gasteiger partial charge in [0.1, 0.15) is 11.4 Å². The summed E-state index contributed by atoms with van der Waals surface area (Å²) in [6.45, 7) is 6.54. The number of carbonyl (C=O) groups is 2. The lowest BCUT2D eigenvalue weighted by Gasteiger charge is -2.09. The van der Waals surface area contributed by atoms with E-state index in [1.54, 1.807) is 52.1 Å². The van der Waals surface area contributed by atoms with E-state index < -0.39 is 12.1 Å². The van der Waals surface area contributed by atoms with Gasteiger partial charge in [0, 0.05) is 16.8 Å². The van der Waals surface area contributed by atoms with Gasteiger partial charge in [-0.25, -0.2) is 4.79 Å². The summed E-state index contributed by atoms with van der Waals surface area (Å²) in [7, 11) is 1.59. The number of rotatable bonds is 6. The van der Waals surface area contributed by atoms with Crippen LogP contribution < -0.4 is 4.74 Å². The van der Waals surface area contributed by atoms with Crippen LogP contribution in [0, 0.1) is 13.8 Å². The van der Waals surface area contributed by atoms with Crippen molar-refractivity contribution in [2.24, 2.45) is 0 Å². The summed E-state index contributed by atoms with van der Waals surface area (Å²) in [6, 6.07) is 7.15. The van der Waals surface area contributed by atoms with Gasteiger partial charge in [0.25, 0.3) is 5.89 Å². The number of Topliss-reactive ketones (excluding diaryl/α,β-unsaturated/α-hetero) is 1. The van der Waals surface area contributed by atoms with Crippen LogP contribution in [0.25, 0.3) is 11.5 Å². The number of ketones is 1. The standard InChI is InChI=1S/C20H21N3O5/c1-10-16(12(3)24)11(2)21-17(10)20(25)27-13(4)18-22-23-19(28-18)14-6-8-15(26-5)9-7-14/h6-9,13,21H,1-5H3. The normalized spacial score (nSPS) is 11.9. The van der Waals surface area contributed by atoms with E-state index >= 15 is 0 Å². The summed E-state index contributed by atoms with van der Waals surface area (Å²) in [4.78, 5) is 27.2. The molecular weight excluding hydrogens is 362 g/mol. The molecule has 0 saturated heterocycles. The number of hydrogen-bond acceptors (Lipinski definition) is 7. The van der Waals surface area contributed by atoms with Crippen LogP contribution in [0.1, 0.15) is 57.9 Å². The number of aromatic amines is 1. The summed E-state index contributed by atoms with van der Waals surface area (Å²) >= 11 is 0. The summed E-state index contributed by atoms with van der Waals surface area (Å²) in [5, 5.41) is 7.97. The van der Waals surface area contributed by atoms with Crippen LogP contribution in [-0.2, 0) is 4.74 Å². The van der Waals surface area contributed by atoms with E-state index in [4.69, 9.17) is 13.9 Å². The average Bonchev–Trinajstić information content (AvgIpc) is 3.26. The third kappa shape index (κ3) is 3.66. The van der Waals surface area contributed by atoms with Gasteiger partial charge in [0.05, 0.1) is 7.11 Å². The van der Waals surface area contributed by atoms with Crippen molar-refractivity contribution in [2.45, 2.75) is 33.8 Å². The van der Waals surface area contributed by atoms with Gasteiger partial charge >= 0.3 is 5.97 Å². The summed E-state index contributed by atoms with van der Waals surface area (Å²) in [5.41, 5.74) is 2.65. The van der Waals surface area contributed by atoms with Crippen molar-refractivity contribution >= 4 is 11.8 Å². The fraction of sp³-hybridized carbons (Fsp3) is 0.300. The fourth-order valence-corrected chi connectivity index (χ4v) is 3.00. The maximum absolute atomic E-state index is 12.5. The molecule has 3 rings (SSSR count). The average molecular weight is 383 g/mol. The van der Waals surface area contributed by atoms with Gasteiger partial charge in [0.2, 0.25) is 5.89 Å². The Kier molecular flexibility index (Phi) is 5.30. The summed E-state index contributed by atoms with van der Waals surface area (Å²) in [5.74, 6) is 0.495. The highest BCUT2D eigenvalue weighted by molar-refractivity contribution is 6.01. The Labute approximate surface area is 161 Å². The number of esters is 1. The van der Waals surface area contributed by atoms with Crippen molar-refractivity contribution in [1.29, 1.82) is 0 Å². The molecule has 0 spiro atoms. The van der Waals surface area contributed by atoms with Crippen LogP contribution in [-0.4, -0.2) is 34.0 Å². The zero-order valence-corrected chi connectivity index (χ0v) is 16.3. The Morgan fingerprint density at radius 1 is 1.14 bits per heavy atom. The third-order valence-corrected chi connectivity index (χ3v) is 4.40. The topological polar surface area (TPSA) is 107 Å². The van der Waals surface area contributed by atoms with Crippen molar-refractivity contribution < 1.29 is 23.5 Å². The number of nitrogens with zero attached hydrogens (tertiary/aromatic N) is 2. The van der Waals surface area contributed by atoms with E-state index in [1.807, 2.05) is 0 Å². The zero-order chi connectivity index (χ0) is 20.4. The monoisotopic (exact) mass is 383 g/mol. The van der Waals surface area contributed by atoms with E-state index in [9.17, 15) is 9.59 Å². The second-order valence-corrected chi connectivity index (χ2v) is 6.40. The minimum atomic E-state index is -0.754. The molecule has 0 aliphatic heterocycles. The van der Waals surface area contributed by atoms with Crippen LogP contribution in [0.4, 0.5) is 0 Å². The van der Waals surface area contributed by atoms with Crippen LogP contribution in [0.2, 0.25) is 0 Å². The molecule has 0 saturated carbocycles. The van der Waals surface area contributed by atoms with Crippen molar-refractivity contribution in [3.05, 3.63) is 52.7 Å². The first kappa shape index (κ1) is 19.3. The molecule has 8 nitrogen and oxygen atoms in total. The first-order valence-electron chi connectivity index (χ1n) is 8.70. The molecule has 1 unspecified atom stereocenters. The highest BCUT2D eigenvalue weighted by atomic mass is 16.6. The second kappa shape index (κ2) is 7.67. The number of ether oxygens (including phenoxy) is 2. The van der Waals surface area contributed by atoms with E-state index in [2.05, 4.69) is 15.2 Å². The molecule has 1 aromatic carbocycles. The van der Waals surface area contributed by atoms with E-state index in [0.717, 1.165) is 5.56 Å². The highest BCUT2D eigenvalue weighted by Gasteiger charge is 2.25. The van der Waals surface area contributed by atoms with Gasteiger partial charge in [-0.05, 0) is 57.5 Å². The van der Waals surface area contributed by atoms with Gasteiger partial charge in [-0.1, -0.05) is 0 Å². The first-order valence-corrected chi connectivity index (χ1v) is 8.70. The number of H-pyrrole nitrogens is 1. The Balaban J connectivity index is 1.75. The van der Waals surface area contributed by atoms with Crippen LogP contribution in [0.3, 0.4) is 0 Å². The van der Waals surface area contributed by atoms with Crippen LogP contribution in [0.15, 0.2) is 28.7 Å². The molecule has 0 bridgehead atoms. The molecule has 1 N–H and O–H groups in total. The number of hydrogen-bond donors (Lipinski definition) is 1. The largest absolute Gasteiger partial charge is 0.497 e. The predicted octanol–water partition coefficient (Wildman–Crippen LogP) is 3.81. The molecule has 28 heavy (non-hydrogen) atoms. The molecule has 1 atom stereocenters. The van der Waals surface area contributed by atoms with Crippen molar-refractivity contribution in [2.75, 3.05) is 7.11 Å². The van der Waals surface area contributed by atoms with Gasteiger partial charge in [-0.2, -0.15) is 0 Å². The molecular formula is C20H21N3O5. The quantitative estimate of drug-likeness (QED) is 0.509. The predicted molar refractivity (Wildman–Crippen MR) is 100 cm³/mol. The fourth-order valence-electron chi connectivity index (χ4n) is 3.00. The SMILES string of the molecule is COc1ccc(-c2nnc(C(C)OC(=O)c3[nH]c(C)c(C(C)=O)c3C)o2)cc1. The number of methoxy groups -OCH3 is 1. The number of nitrogens with one attached hydrogen (secondary N) is 1. The molecule has 2 aromatic heterocycles. The van der Waals surface area contributed by atoms with Crippen molar-refractivity contribution in [3.63, 3.8) is 0 Å². The summed E-state index contributed by atoms with van der Waals surface area (Å²) < 4.78 is 16.2. The molecule has 2 heterocycles. The van der Waals surface area contributed by atoms with Crippen molar-refractivity contribution in [3.8, 4) is 17.2 Å². The number of benzene rings is 1. The Morgan fingerprint density at radius 3 is 2.39 bits per heavy atom. The zero-order valence-electron chi connectivity index (χ0n) is 16.3. The Hall–Kier alpha value is -3.42. The minimum Gasteiger partial charge on any atom is -0.497 e. The Bertz CT molecular complexity index is 1020. The lowest BCUT2D eigenvalue weighted by molar-refractivity contribution is 0.0272. The Morgan fingerprint density at radius 2 is 1.82 bits per heavy atom. The first-order chi connectivity index (χ1) is 13.3. The van der Waals surface area contributed by atoms with Gasteiger partial charge in [-0.3, -0.25) is 4.79 Å². The van der Waals surface area contributed by atoms with Gasteiger partial charge < -0.3 is 18.9 Å². The lowest BCUT2D eigenvalue weighted by Crippen LogP contribution is -2.11. The molecule has 8 heteroatoms. The summed E-state index contributed by atoms with van der Waals surface area (Å²) in [6.07, 6.45) is -0.754. The number of aryl methyl sites for hydroxylation is 1. The number of aromatic nitrogens is 3. The highest BCUT2D eigenvalue weighted by Crippen LogP contribution is 2.26. The van der Waals surface area contributed by atoms with Crippen molar-refractivity contribution in [1.82, 2.24) is 15.2 Å². The maximum Gasteiger partial charge on any atom is 0.355 e. The van der Waals surface area contributed by atoms with E-state index in [1.165, 1.54) is 6.92 Å². The molecule has 0 aliphatic carbocycles. The molecule has 0 radical (unpaired) electrons. The molecule has 0 amide bonds. The van der Waals surface area contributed by atoms with Crippen LogP contribution in [0.5, 0.6) is 5.75 Å². The smallest absolute Gasteiger partial charge is 0.355 e. The third-order valence-electron chi connectivity index (χ3n) is 4.40. The maximum atomic E-state index is 12.5. The molecule has 0 fully saturated rings. The van der Waals surface area contributed by atoms with Gasteiger partial charge in [-0.15, -0.1) is 10.2 Å². The molecule has 146 valence electrons. The minimum absolute atomic E-state index is 0.112.